The number of hydrogen-bond donors (Lipinski definition) is 0. The second-order valence-corrected chi connectivity index (χ2v) is 2.01. The third-order valence-corrected chi connectivity index (χ3v) is 1.30. The molecule has 0 N–H and O–H groups in total. The van der Waals surface area contributed by atoms with Crippen LogP contribution in [0.15, 0.2) is 23.6 Å². The van der Waals surface area contributed by atoms with E-state index in [1.807, 2.05) is 6.26 Å². The quantitative estimate of drug-likeness (QED) is 0.418. The van der Waals surface area contributed by atoms with Crippen molar-refractivity contribution in [3.63, 3.8) is 0 Å². The van der Waals surface area contributed by atoms with Crippen LogP contribution in [0.3, 0.4) is 0 Å². The standard InChI is InChI=1S/C5H6N2S/c1-8-5-6-3-2-4-7-5/h2-4H,1H3/i6+1. The molecule has 0 aromatic carbocycles. The first-order valence-electron chi connectivity index (χ1n) is 2.24. The lowest BCUT2D eigenvalue weighted by atomic mass is 10.7. The van der Waals surface area contributed by atoms with Gasteiger partial charge in [-0.1, -0.05) is 11.8 Å². The summed E-state index contributed by atoms with van der Waals surface area (Å²) in [6.45, 7) is 0. The third kappa shape index (κ3) is 1.20. The Hall–Kier alpha value is -0.570. The predicted octanol–water partition coefficient (Wildman–Crippen LogP) is 1.20. The molecule has 0 spiro atoms. The summed E-state index contributed by atoms with van der Waals surface area (Å²) in [6.07, 6.45) is 5.42. The molecule has 3 heteroatoms. The van der Waals surface area contributed by atoms with Gasteiger partial charge in [0, 0.05) is 12.4 Å². The highest BCUT2D eigenvalue weighted by Crippen LogP contribution is 2.03. The topological polar surface area (TPSA) is 25.8 Å². The van der Waals surface area contributed by atoms with Gasteiger partial charge < -0.3 is 0 Å². The van der Waals surface area contributed by atoms with Crippen molar-refractivity contribution in [1.29, 1.82) is 0 Å². The van der Waals surface area contributed by atoms with Gasteiger partial charge in [-0.05, 0) is 12.3 Å². The third-order valence-electron chi connectivity index (χ3n) is 0.725. The van der Waals surface area contributed by atoms with Crippen LogP contribution in [0, 0.1) is 0 Å². The maximum atomic E-state index is 3.95. The van der Waals surface area contributed by atoms with Crippen molar-refractivity contribution in [2.45, 2.75) is 5.16 Å². The van der Waals surface area contributed by atoms with Crippen LogP contribution >= 0.6 is 11.8 Å². The van der Waals surface area contributed by atoms with Gasteiger partial charge in [-0.2, -0.15) is 0 Å². The van der Waals surface area contributed by atoms with Gasteiger partial charge in [-0.3, -0.25) is 0 Å². The lowest BCUT2D eigenvalue weighted by molar-refractivity contribution is 0.970. The first-order chi connectivity index (χ1) is 3.93. The molecule has 1 aromatic heterocycles. The Morgan fingerprint density at radius 1 is 1.38 bits per heavy atom. The summed E-state index contributed by atoms with van der Waals surface area (Å²) >= 11 is 1.55. The maximum Gasteiger partial charge on any atom is 0.187 e. The Kier molecular flexibility index (Phi) is 1.86. The van der Waals surface area contributed by atoms with Gasteiger partial charge in [-0.15, -0.1) is 0 Å². The molecule has 0 bridgehead atoms. The Bertz CT molecular complexity index is 152. The van der Waals surface area contributed by atoms with Crippen molar-refractivity contribution >= 4 is 11.8 Å². The molecule has 1 rings (SSSR count). The lowest BCUT2D eigenvalue weighted by Gasteiger charge is -1.87. The Balaban J connectivity index is 2.83. The van der Waals surface area contributed by atoms with Crippen LogP contribution in [0.1, 0.15) is 0 Å². The molecule has 8 heavy (non-hydrogen) atoms. The Morgan fingerprint density at radius 2 is 2.00 bits per heavy atom. The SMILES string of the molecule is CSc1nccc[15n]1. The van der Waals surface area contributed by atoms with E-state index in [1.165, 1.54) is 0 Å². The van der Waals surface area contributed by atoms with E-state index in [0.717, 1.165) is 5.16 Å². The minimum absolute atomic E-state index is 0.826. The highest BCUT2D eigenvalue weighted by molar-refractivity contribution is 7.98. The van der Waals surface area contributed by atoms with Gasteiger partial charge in [0.25, 0.3) is 0 Å². The highest BCUT2D eigenvalue weighted by Gasteiger charge is 1.84. The van der Waals surface area contributed by atoms with E-state index >= 15 is 0 Å². The average Bonchev–Trinajstić information content (AvgIpc) is 1.90. The Labute approximate surface area is 52.4 Å². The zero-order valence-electron chi connectivity index (χ0n) is 4.53. The van der Waals surface area contributed by atoms with Crippen LogP contribution in [-0.2, 0) is 0 Å². The van der Waals surface area contributed by atoms with Crippen molar-refractivity contribution in [1.82, 2.24) is 9.97 Å². The second kappa shape index (κ2) is 2.67. The maximum absolute atomic E-state index is 3.95. The first kappa shape index (κ1) is 5.56. The van der Waals surface area contributed by atoms with Crippen LogP contribution in [0.25, 0.3) is 0 Å². The van der Waals surface area contributed by atoms with E-state index in [2.05, 4.69) is 9.97 Å². The van der Waals surface area contributed by atoms with Crippen LogP contribution < -0.4 is 0 Å². The normalized spacial score (nSPS) is 9.12. The average molecular weight is 127 g/mol. The van der Waals surface area contributed by atoms with Crippen LogP contribution in [0.4, 0.5) is 0 Å². The van der Waals surface area contributed by atoms with Crippen LogP contribution in [0.5, 0.6) is 0 Å². The summed E-state index contributed by atoms with van der Waals surface area (Å²) in [5.41, 5.74) is 0. The fourth-order valence-electron chi connectivity index (χ4n) is 0.391. The second-order valence-electron chi connectivity index (χ2n) is 1.24. The lowest BCUT2D eigenvalue weighted by Crippen LogP contribution is -1.79. The van der Waals surface area contributed by atoms with Crippen molar-refractivity contribution in [2.24, 2.45) is 0 Å². The molecule has 0 fully saturated rings. The van der Waals surface area contributed by atoms with E-state index in [1.54, 1.807) is 30.2 Å². The fraction of sp³-hybridized carbons (Fsp3) is 0.200. The number of thioether (sulfide) groups is 1. The van der Waals surface area contributed by atoms with E-state index in [-0.39, 0.29) is 0 Å². The molecular weight excluding hydrogens is 121 g/mol. The summed E-state index contributed by atoms with van der Waals surface area (Å²) in [5, 5.41) is 0.826. The van der Waals surface area contributed by atoms with Crippen LogP contribution in [0.2, 0.25) is 0 Å². The molecular formula is C5H6N2S. The van der Waals surface area contributed by atoms with E-state index in [0.29, 0.717) is 0 Å². The molecule has 0 amide bonds. The van der Waals surface area contributed by atoms with Gasteiger partial charge in [0.05, 0.1) is 0 Å². The molecule has 0 saturated carbocycles. The summed E-state index contributed by atoms with van der Waals surface area (Å²) in [6, 6.07) is 1.81. The molecule has 1 heterocycles. The van der Waals surface area contributed by atoms with Crippen molar-refractivity contribution in [2.75, 3.05) is 6.26 Å². The molecule has 0 aliphatic rings. The van der Waals surface area contributed by atoms with Gasteiger partial charge >= 0.3 is 0 Å². The van der Waals surface area contributed by atoms with Gasteiger partial charge in [0.2, 0.25) is 0 Å². The number of nitrogens with zero attached hydrogens (tertiary/aromatic N) is 2. The van der Waals surface area contributed by atoms with Crippen molar-refractivity contribution in [3.8, 4) is 0 Å². The summed E-state index contributed by atoms with van der Waals surface area (Å²) in [4.78, 5) is 7.90. The van der Waals surface area contributed by atoms with E-state index in [9.17, 15) is 0 Å². The molecule has 0 atom stereocenters. The van der Waals surface area contributed by atoms with E-state index in [4.69, 9.17) is 0 Å². The first-order valence-corrected chi connectivity index (χ1v) is 3.47. The van der Waals surface area contributed by atoms with Crippen LogP contribution in [-0.4, -0.2) is 16.2 Å². The molecule has 0 radical (unpaired) electrons. The molecule has 42 valence electrons. The molecule has 0 unspecified atom stereocenters. The number of hydrogen-bond acceptors (Lipinski definition) is 3. The van der Waals surface area contributed by atoms with E-state index < -0.39 is 0 Å². The molecule has 2 nitrogen and oxygen atoms in total. The minimum atomic E-state index is 0.826. The monoisotopic (exact) mass is 127 g/mol. The molecule has 0 saturated heterocycles. The van der Waals surface area contributed by atoms with Crippen molar-refractivity contribution in [3.05, 3.63) is 18.5 Å². The zero-order chi connectivity index (χ0) is 5.82. The molecule has 0 aliphatic heterocycles. The zero-order valence-corrected chi connectivity index (χ0v) is 5.35. The summed E-state index contributed by atoms with van der Waals surface area (Å²) in [5.74, 6) is 0. The summed E-state index contributed by atoms with van der Waals surface area (Å²) < 4.78 is 0. The molecule has 1 aromatic rings. The van der Waals surface area contributed by atoms with Gasteiger partial charge in [0.15, 0.2) is 5.16 Å². The number of aromatic nitrogens is 2. The molecule has 0 aliphatic carbocycles. The van der Waals surface area contributed by atoms with Crippen molar-refractivity contribution < 1.29 is 0 Å². The highest BCUT2D eigenvalue weighted by atomic mass is 32.2. The largest absolute Gasteiger partial charge is 0.231 e. The smallest absolute Gasteiger partial charge is 0.187 e. The number of rotatable bonds is 1. The van der Waals surface area contributed by atoms with Gasteiger partial charge in [0.1, 0.15) is 0 Å². The Morgan fingerprint density at radius 3 is 2.38 bits per heavy atom. The van der Waals surface area contributed by atoms with Gasteiger partial charge in [-0.25, -0.2) is 9.97 Å². The summed E-state index contributed by atoms with van der Waals surface area (Å²) in [7, 11) is 0. The minimum Gasteiger partial charge on any atom is -0.231 e. The fourth-order valence-corrected chi connectivity index (χ4v) is 0.723. The predicted molar refractivity (Wildman–Crippen MR) is 33.8 cm³/mol.